The van der Waals surface area contributed by atoms with E-state index in [2.05, 4.69) is 36.1 Å². The average Bonchev–Trinajstić information content (AvgIpc) is 2.54. The Kier molecular flexibility index (Phi) is 4.14. The third-order valence-electron chi connectivity index (χ3n) is 2.18. The summed E-state index contributed by atoms with van der Waals surface area (Å²) in [6, 6.07) is 0. The number of nitrogens with one attached hydrogen (secondary N) is 2. The highest BCUT2D eigenvalue weighted by Crippen LogP contribution is 2.16. The second-order valence-corrected chi connectivity index (χ2v) is 4.89. The van der Waals surface area contributed by atoms with Gasteiger partial charge in [-0.1, -0.05) is 20.8 Å². The number of nitrogens with zero attached hydrogens (tertiary/aromatic N) is 1. The Morgan fingerprint density at radius 2 is 2.14 bits per heavy atom. The van der Waals surface area contributed by atoms with Gasteiger partial charge >= 0.3 is 0 Å². The summed E-state index contributed by atoms with van der Waals surface area (Å²) in [4.78, 5) is 7.07. The van der Waals surface area contributed by atoms with E-state index in [9.17, 15) is 0 Å². The number of imidazole rings is 1. The summed E-state index contributed by atoms with van der Waals surface area (Å²) in [7, 11) is 0. The van der Waals surface area contributed by atoms with Crippen molar-refractivity contribution < 1.29 is 0 Å². The molecule has 2 N–H and O–H groups in total. The minimum atomic E-state index is 0.432. The van der Waals surface area contributed by atoms with E-state index in [0.717, 1.165) is 19.5 Å². The van der Waals surface area contributed by atoms with Gasteiger partial charge in [-0.2, -0.15) is 0 Å². The van der Waals surface area contributed by atoms with Gasteiger partial charge < -0.3 is 10.3 Å². The molecule has 0 radical (unpaired) electrons. The number of H-pyrrole nitrogens is 1. The first-order valence-corrected chi connectivity index (χ1v) is 5.26. The van der Waals surface area contributed by atoms with Gasteiger partial charge in [0, 0.05) is 24.9 Å². The van der Waals surface area contributed by atoms with E-state index in [1.165, 1.54) is 12.1 Å². The monoisotopic (exact) mass is 195 g/mol. The fraction of sp³-hybridized carbons (Fsp3) is 0.727. The number of hydrogen-bond acceptors (Lipinski definition) is 2. The fourth-order valence-corrected chi connectivity index (χ4v) is 1.23. The first kappa shape index (κ1) is 11.2. The molecule has 1 rings (SSSR count). The molecule has 0 aromatic carbocycles. The summed E-state index contributed by atoms with van der Waals surface area (Å²) in [5, 5.41) is 3.43. The van der Waals surface area contributed by atoms with Crippen molar-refractivity contribution in [1.82, 2.24) is 15.3 Å². The van der Waals surface area contributed by atoms with Crippen molar-refractivity contribution in [3.8, 4) is 0 Å². The molecule has 0 fully saturated rings. The molecule has 0 saturated heterocycles. The number of rotatable bonds is 5. The molecule has 1 heterocycles. The third-order valence-corrected chi connectivity index (χ3v) is 2.18. The Morgan fingerprint density at radius 1 is 1.36 bits per heavy atom. The van der Waals surface area contributed by atoms with E-state index in [-0.39, 0.29) is 0 Å². The highest BCUT2D eigenvalue weighted by atomic mass is 14.9. The topological polar surface area (TPSA) is 40.7 Å². The van der Waals surface area contributed by atoms with Gasteiger partial charge in [-0.3, -0.25) is 0 Å². The zero-order valence-electron chi connectivity index (χ0n) is 9.43. The van der Waals surface area contributed by atoms with Crippen molar-refractivity contribution in [2.45, 2.75) is 33.6 Å². The number of aromatic amines is 1. The average molecular weight is 195 g/mol. The molecule has 0 amide bonds. The molecule has 3 heteroatoms. The lowest BCUT2D eigenvalue weighted by molar-refractivity contribution is 0.367. The van der Waals surface area contributed by atoms with E-state index in [0.29, 0.717) is 5.41 Å². The third kappa shape index (κ3) is 5.02. The van der Waals surface area contributed by atoms with Crippen LogP contribution in [0.1, 0.15) is 32.9 Å². The van der Waals surface area contributed by atoms with Crippen LogP contribution in [-0.4, -0.2) is 23.1 Å². The summed E-state index contributed by atoms with van der Waals surface area (Å²) >= 11 is 0. The van der Waals surface area contributed by atoms with E-state index in [1.54, 1.807) is 6.33 Å². The van der Waals surface area contributed by atoms with Crippen molar-refractivity contribution >= 4 is 0 Å². The van der Waals surface area contributed by atoms with E-state index >= 15 is 0 Å². The van der Waals surface area contributed by atoms with Crippen LogP contribution >= 0.6 is 0 Å². The van der Waals surface area contributed by atoms with Gasteiger partial charge in [0.2, 0.25) is 0 Å². The zero-order chi connectivity index (χ0) is 10.4. The highest BCUT2D eigenvalue weighted by molar-refractivity contribution is 4.94. The molecule has 0 atom stereocenters. The summed E-state index contributed by atoms with van der Waals surface area (Å²) in [5.74, 6) is 0. The predicted molar refractivity (Wildman–Crippen MR) is 59.2 cm³/mol. The molecule has 0 aliphatic rings. The van der Waals surface area contributed by atoms with Gasteiger partial charge in [-0.15, -0.1) is 0 Å². The zero-order valence-corrected chi connectivity index (χ0v) is 9.43. The number of hydrogen-bond donors (Lipinski definition) is 2. The smallest absolute Gasteiger partial charge is 0.0921 e. The predicted octanol–water partition coefficient (Wildman–Crippen LogP) is 1.98. The summed E-state index contributed by atoms with van der Waals surface area (Å²) in [6.45, 7) is 8.92. The molecule has 0 unspecified atom stereocenters. The lowest BCUT2D eigenvalue weighted by Crippen LogP contribution is -2.22. The molecule has 0 bridgehead atoms. The second-order valence-electron chi connectivity index (χ2n) is 4.89. The van der Waals surface area contributed by atoms with Crippen molar-refractivity contribution in [2.24, 2.45) is 5.41 Å². The van der Waals surface area contributed by atoms with Crippen LogP contribution in [0.3, 0.4) is 0 Å². The first-order valence-electron chi connectivity index (χ1n) is 5.26. The van der Waals surface area contributed by atoms with E-state index in [4.69, 9.17) is 0 Å². The molecule has 3 nitrogen and oxygen atoms in total. The summed E-state index contributed by atoms with van der Waals surface area (Å²) < 4.78 is 0. The van der Waals surface area contributed by atoms with Gasteiger partial charge in [-0.05, 0) is 18.4 Å². The first-order chi connectivity index (χ1) is 6.58. The minimum absolute atomic E-state index is 0.432. The molecule has 0 aliphatic carbocycles. The van der Waals surface area contributed by atoms with Crippen LogP contribution in [0.5, 0.6) is 0 Å². The normalized spacial score (nSPS) is 11.9. The Bertz CT molecular complexity index is 234. The van der Waals surface area contributed by atoms with Crippen LogP contribution in [0.25, 0.3) is 0 Å². The molecule has 80 valence electrons. The van der Waals surface area contributed by atoms with Gasteiger partial charge in [0.1, 0.15) is 0 Å². The van der Waals surface area contributed by atoms with Crippen molar-refractivity contribution in [3.63, 3.8) is 0 Å². The van der Waals surface area contributed by atoms with Crippen molar-refractivity contribution in [3.05, 3.63) is 18.2 Å². The van der Waals surface area contributed by atoms with Crippen LogP contribution in [0, 0.1) is 5.41 Å². The van der Waals surface area contributed by atoms with Crippen molar-refractivity contribution in [2.75, 3.05) is 13.1 Å². The van der Waals surface area contributed by atoms with Crippen LogP contribution < -0.4 is 5.32 Å². The largest absolute Gasteiger partial charge is 0.348 e. The SMILES string of the molecule is CC(C)(C)CCNCCc1cnc[nH]1. The van der Waals surface area contributed by atoms with E-state index in [1.807, 2.05) is 6.20 Å². The van der Waals surface area contributed by atoms with Crippen LogP contribution in [0.15, 0.2) is 12.5 Å². The standard InChI is InChI=1S/C11H21N3/c1-11(2,3)5-7-12-6-4-10-8-13-9-14-10/h8-9,12H,4-7H2,1-3H3,(H,13,14). The van der Waals surface area contributed by atoms with Crippen LogP contribution in [0.4, 0.5) is 0 Å². The van der Waals surface area contributed by atoms with Crippen LogP contribution in [0.2, 0.25) is 0 Å². The van der Waals surface area contributed by atoms with Gasteiger partial charge in [0.05, 0.1) is 6.33 Å². The Morgan fingerprint density at radius 3 is 2.71 bits per heavy atom. The lowest BCUT2D eigenvalue weighted by atomic mass is 9.92. The van der Waals surface area contributed by atoms with Crippen molar-refractivity contribution in [1.29, 1.82) is 0 Å². The molecule has 0 spiro atoms. The molecular formula is C11H21N3. The quantitative estimate of drug-likeness (QED) is 0.705. The summed E-state index contributed by atoms with van der Waals surface area (Å²) in [6.07, 6.45) is 5.86. The molecule has 1 aromatic heterocycles. The van der Waals surface area contributed by atoms with E-state index < -0.39 is 0 Å². The molecule has 0 saturated carbocycles. The molecule has 0 aliphatic heterocycles. The lowest BCUT2D eigenvalue weighted by Gasteiger charge is -2.17. The fourth-order valence-electron chi connectivity index (χ4n) is 1.23. The maximum absolute atomic E-state index is 3.98. The molecular weight excluding hydrogens is 174 g/mol. The minimum Gasteiger partial charge on any atom is -0.348 e. The van der Waals surface area contributed by atoms with Gasteiger partial charge in [0.25, 0.3) is 0 Å². The molecule has 14 heavy (non-hydrogen) atoms. The molecule has 1 aromatic rings. The Labute approximate surface area is 86.3 Å². The second kappa shape index (κ2) is 5.15. The van der Waals surface area contributed by atoms with Crippen LogP contribution in [-0.2, 0) is 6.42 Å². The maximum Gasteiger partial charge on any atom is 0.0921 e. The highest BCUT2D eigenvalue weighted by Gasteiger charge is 2.08. The Balaban J connectivity index is 2.00. The number of aromatic nitrogens is 2. The van der Waals surface area contributed by atoms with Gasteiger partial charge in [0.15, 0.2) is 0 Å². The van der Waals surface area contributed by atoms with Gasteiger partial charge in [-0.25, -0.2) is 4.98 Å². The maximum atomic E-state index is 3.98. The summed E-state index contributed by atoms with van der Waals surface area (Å²) in [5.41, 5.74) is 1.63. The Hall–Kier alpha value is -0.830.